The Hall–Kier alpha value is -5.21. The first-order valence-corrected chi connectivity index (χ1v) is 17.3. The first kappa shape index (κ1) is 36.1. The van der Waals surface area contributed by atoms with Crippen LogP contribution in [-0.2, 0) is 45.0 Å². The Kier molecular flexibility index (Phi) is 13.8. The van der Waals surface area contributed by atoms with E-state index in [1.807, 2.05) is 127 Å². The standard InChI is InChI=1S/C42H46N2O6/c45-28-37(25-33-20-22-39(23-21-33)49-29-34-16-8-3-9-17-34)43-40(46)27-35-18-10-11-19-36(24-31-12-4-1-5-13-31)42(48)50-30-38(44-41(35)47)26-32-14-6-2-7-15-32/h1-17,20-23,35-38,45H,18-19,24-30H2,(H,43,46)(H,44,47)/t35-,36+,37+,38-/m1/s1. The summed E-state index contributed by atoms with van der Waals surface area (Å²) < 4.78 is 11.7. The number of hydrogen-bond acceptors (Lipinski definition) is 6. The molecule has 0 unspecified atom stereocenters. The number of ether oxygens (including phenoxy) is 2. The van der Waals surface area contributed by atoms with Gasteiger partial charge in [0.2, 0.25) is 11.8 Å². The minimum atomic E-state index is -0.646. The highest BCUT2D eigenvalue weighted by molar-refractivity contribution is 5.86. The molecule has 0 saturated heterocycles. The number of nitrogens with one attached hydrogen (secondary N) is 2. The largest absolute Gasteiger partial charge is 0.489 e. The van der Waals surface area contributed by atoms with Crippen molar-refractivity contribution in [1.29, 1.82) is 0 Å². The monoisotopic (exact) mass is 674 g/mol. The molecule has 0 aromatic heterocycles. The van der Waals surface area contributed by atoms with Crippen molar-refractivity contribution < 1.29 is 29.0 Å². The molecule has 0 bridgehead atoms. The van der Waals surface area contributed by atoms with E-state index in [2.05, 4.69) is 10.6 Å². The first-order chi connectivity index (χ1) is 24.4. The fourth-order valence-corrected chi connectivity index (χ4v) is 6.05. The van der Waals surface area contributed by atoms with Gasteiger partial charge in [-0.2, -0.15) is 0 Å². The van der Waals surface area contributed by atoms with Gasteiger partial charge in [0.25, 0.3) is 0 Å². The van der Waals surface area contributed by atoms with Crippen LogP contribution in [0.25, 0.3) is 0 Å². The van der Waals surface area contributed by atoms with Gasteiger partial charge in [0.05, 0.1) is 30.5 Å². The summed E-state index contributed by atoms with van der Waals surface area (Å²) in [6.07, 6.45) is 5.95. The second-order valence-electron chi connectivity index (χ2n) is 12.8. The summed E-state index contributed by atoms with van der Waals surface area (Å²) in [5, 5.41) is 16.1. The number of carbonyl (C=O) groups is 3. The summed E-state index contributed by atoms with van der Waals surface area (Å²) in [6, 6.07) is 36.1. The number of carbonyl (C=O) groups excluding carboxylic acids is 3. The molecule has 1 heterocycles. The highest BCUT2D eigenvalue weighted by atomic mass is 16.5. The summed E-state index contributed by atoms with van der Waals surface area (Å²) >= 11 is 0. The Labute approximate surface area is 294 Å². The Morgan fingerprint density at radius 3 is 1.96 bits per heavy atom. The molecule has 1 aliphatic rings. The van der Waals surface area contributed by atoms with Crippen molar-refractivity contribution in [2.24, 2.45) is 11.8 Å². The van der Waals surface area contributed by atoms with Gasteiger partial charge in [0.15, 0.2) is 0 Å². The molecule has 1 aliphatic heterocycles. The van der Waals surface area contributed by atoms with Gasteiger partial charge < -0.3 is 25.2 Å². The van der Waals surface area contributed by atoms with Gasteiger partial charge in [0.1, 0.15) is 19.0 Å². The van der Waals surface area contributed by atoms with Crippen LogP contribution in [0.5, 0.6) is 5.75 Å². The summed E-state index contributed by atoms with van der Waals surface area (Å²) in [7, 11) is 0. The fraction of sp³-hybridized carbons (Fsp3) is 0.310. The molecule has 50 heavy (non-hydrogen) atoms. The Morgan fingerprint density at radius 2 is 1.34 bits per heavy atom. The topological polar surface area (TPSA) is 114 Å². The van der Waals surface area contributed by atoms with Gasteiger partial charge in [-0.25, -0.2) is 0 Å². The maximum atomic E-state index is 13.6. The molecule has 0 aliphatic carbocycles. The first-order valence-electron chi connectivity index (χ1n) is 17.3. The van der Waals surface area contributed by atoms with Crippen molar-refractivity contribution in [3.63, 3.8) is 0 Å². The number of amides is 2. The van der Waals surface area contributed by atoms with E-state index in [-0.39, 0.29) is 43.3 Å². The second kappa shape index (κ2) is 19.1. The maximum absolute atomic E-state index is 13.6. The average molecular weight is 675 g/mol. The van der Waals surface area contributed by atoms with Crippen molar-refractivity contribution in [1.82, 2.24) is 10.6 Å². The fourth-order valence-electron chi connectivity index (χ4n) is 6.05. The average Bonchev–Trinajstić information content (AvgIpc) is 3.14. The normalized spacial score (nSPS) is 18.9. The van der Waals surface area contributed by atoms with Gasteiger partial charge in [-0.05, 0) is 66.5 Å². The summed E-state index contributed by atoms with van der Waals surface area (Å²) in [5.74, 6) is -1.19. The molecule has 260 valence electrons. The van der Waals surface area contributed by atoms with Crippen molar-refractivity contribution >= 4 is 17.8 Å². The predicted molar refractivity (Wildman–Crippen MR) is 193 cm³/mol. The quantitative estimate of drug-likeness (QED) is 0.123. The minimum Gasteiger partial charge on any atom is -0.489 e. The van der Waals surface area contributed by atoms with E-state index in [4.69, 9.17) is 9.47 Å². The van der Waals surface area contributed by atoms with Gasteiger partial charge in [-0.1, -0.05) is 115 Å². The third-order valence-corrected chi connectivity index (χ3v) is 8.81. The zero-order valence-electron chi connectivity index (χ0n) is 28.3. The van der Waals surface area contributed by atoms with E-state index in [0.717, 1.165) is 28.0 Å². The van der Waals surface area contributed by atoms with Crippen LogP contribution in [-0.4, -0.2) is 48.2 Å². The molecule has 8 nitrogen and oxygen atoms in total. The van der Waals surface area contributed by atoms with Crippen molar-refractivity contribution in [3.05, 3.63) is 150 Å². The number of benzene rings is 4. The smallest absolute Gasteiger partial charge is 0.309 e. The number of cyclic esters (lactones) is 1. The third-order valence-electron chi connectivity index (χ3n) is 8.81. The van der Waals surface area contributed by atoms with Crippen LogP contribution >= 0.6 is 0 Å². The van der Waals surface area contributed by atoms with E-state index < -0.39 is 18.0 Å². The van der Waals surface area contributed by atoms with Crippen molar-refractivity contribution in [3.8, 4) is 5.75 Å². The van der Waals surface area contributed by atoms with Crippen LogP contribution < -0.4 is 15.4 Å². The number of hydrogen-bond donors (Lipinski definition) is 3. The van der Waals surface area contributed by atoms with Gasteiger partial charge in [-0.15, -0.1) is 0 Å². The van der Waals surface area contributed by atoms with Crippen molar-refractivity contribution in [2.45, 2.75) is 57.2 Å². The van der Waals surface area contributed by atoms with Gasteiger partial charge in [-0.3, -0.25) is 14.4 Å². The minimum absolute atomic E-state index is 0.0239. The summed E-state index contributed by atoms with van der Waals surface area (Å²) in [4.78, 5) is 40.2. The van der Waals surface area contributed by atoms with Gasteiger partial charge in [0, 0.05) is 6.42 Å². The number of allylic oxidation sites excluding steroid dienone is 2. The highest BCUT2D eigenvalue weighted by Gasteiger charge is 2.27. The van der Waals surface area contributed by atoms with E-state index in [9.17, 15) is 19.5 Å². The van der Waals surface area contributed by atoms with Crippen molar-refractivity contribution in [2.75, 3.05) is 13.2 Å². The van der Waals surface area contributed by atoms with Gasteiger partial charge >= 0.3 is 5.97 Å². The number of aliphatic hydroxyl groups is 1. The molecule has 4 aromatic carbocycles. The van der Waals surface area contributed by atoms with E-state index >= 15 is 0 Å². The van der Waals surface area contributed by atoms with E-state index in [0.29, 0.717) is 38.7 Å². The predicted octanol–water partition coefficient (Wildman–Crippen LogP) is 5.77. The molecule has 8 heteroatoms. The highest BCUT2D eigenvalue weighted by Crippen LogP contribution is 2.20. The Balaban J connectivity index is 1.22. The SMILES string of the molecule is O=C(C[C@H]1CC=CC[C@@H](Cc2ccccc2)C(=O)OC[C@@H](Cc2ccccc2)NC1=O)N[C@H](CO)Cc1ccc(OCc2ccccc2)cc1. The van der Waals surface area contributed by atoms with Crippen LogP contribution in [0.1, 0.15) is 41.5 Å². The number of rotatable bonds is 13. The number of aliphatic hydroxyl groups excluding tert-OH is 1. The summed E-state index contributed by atoms with van der Waals surface area (Å²) in [5.41, 5.74) is 4.06. The molecule has 4 atom stereocenters. The second-order valence-corrected chi connectivity index (χ2v) is 12.8. The molecule has 0 radical (unpaired) electrons. The Bertz CT molecular complexity index is 1660. The molecular weight excluding hydrogens is 628 g/mol. The lowest BCUT2D eigenvalue weighted by atomic mass is 9.94. The van der Waals surface area contributed by atoms with Crippen LogP contribution in [0, 0.1) is 11.8 Å². The molecule has 0 fully saturated rings. The molecule has 3 N–H and O–H groups in total. The molecule has 5 rings (SSSR count). The third kappa shape index (κ3) is 11.7. The maximum Gasteiger partial charge on any atom is 0.309 e. The van der Waals surface area contributed by atoms with E-state index in [1.165, 1.54) is 0 Å². The molecule has 0 spiro atoms. The Morgan fingerprint density at radius 1 is 0.760 bits per heavy atom. The lowest BCUT2D eigenvalue weighted by Gasteiger charge is -2.25. The lowest BCUT2D eigenvalue weighted by Crippen LogP contribution is -2.46. The van der Waals surface area contributed by atoms with Crippen LogP contribution in [0.2, 0.25) is 0 Å². The van der Waals surface area contributed by atoms with Crippen LogP contribution in [0.3, 0.4) is 0 Å². The zero-order valence-corrected chi connectivity index (χ0v) is 28.3. The molecule has 0 saturated carbocycles. The lowest BCUT2D eigenvalue weighted by molar-refractivity contribution is -0.150. The van der Waals surface area contributed by atoms with Crippen LogP contribution in [0.4, 0.5) is 0 Å². The molecule has 4 aromatic rings. The molecule has 2 amide bonds. The number of esters is 1. The molecular formula is C42H46N2O6. The zero-order chi connectivity index (χ0) is 35.0. The van der Waals surface area contributed by atoms with Crippen LogP contribution in [0.15, 0.2) is 127 Å². The summed E-state index contributed by atoms with van der Waals surface area (Å²) in [6.45, 7) is 0.240. The van der Waals surface area contributed by atoms with E-state index in [1.54, 1.807) is 0 Å².